The van der Waals surface area contributed by atoms with Crippen LogP contribution in [0.5, 0.6) is 0 Å². The number of carboxylic acids is 1. The van der Waals surface area contributed by atoms with Crippen molar-refractivity contribution in [1.82, 2.24) is 0 Å². The minimum Gasteiger partial charge on any atom is -0.479 e. The molecule has 0 saturated carbocycles. The molecular formula is C14H17BrN2O4. The van der Waals surface area contributed by atoms with Gasteiger partial charge in [-0.25, -0.2) is 4.79 Å². The Bertz CT molecular complexity index is 578. The zero-order chi connectivity index (χ0) is 15.6. The zero-order valence-electron chi connectivity index (χ0n) is 11.7. The molecule has 1 aromatic carbocycles. The van der Waals surface area contributed by atoms with Crippen LogP contribution < -0.4 is 4.90 Å². The van der Waals surface area contributed by atoms with E-state index in [1.165, 1.54) is 6.07 Å². The third-order valence-corrected chi connectivity index (χ3v) is 4.47. The maximum atomic E-state index is 11.8. The van der Waals surface area contributed by atoms with Crippen molar-refractivity contribution in [2.75, 3.05) is 11.4 Å². The van der Waals surface area contributed by atoms with E-state index < -0.39 is 16.4 Å². The highest BCUT2D eigenvalue weighted by molar-refractivity contribution is 9.10. The monoisotopic (exact) mass is 356 g/mol. The average Bonchev–Trinajstić information content (AvgIpc) is 2.83. The van der Waals surface area contributed by atoms with Gasteiger partial charge in [-0.05, 0) is 31.4 Å². The summed E-state index contributed by atoms with van der Waals surface area (Å²) in [5, 5.41) is 20.9. The van der Waals surface area contributed by atoms with Gasteiger partial charge < -0.3 is 10.0 Å². The number of nitrogens with zero attached hydrogens (tertiary/aromatic N) is 2. The molecule has 0 aliphatic carbocycles. The van der Waals surface area contributed by atoms with Crippen molar-refractivity contribution in [1.29, 1.82) is 0 Å². The highest BCUT2D eigenvalue weighted by Gasteiger charge is 2.48. The second kappa shape index (κ2) is 6.01. The van der Waals surface area contributed by atoms with Crippen LogP contribution in [0.1, 0.15) is 32.6 Å². The van der Waals surface area contributed by atoms with Gasteiger partial charge in [0.15, 0.2) is 0 Å². The largest absolute Gasteiger partial charge is 0.479 e. The third kappa shape index (κ3) is 2.74. The highest BCUT2D eigenvalue weighted by atomic mass is 79.9. The third-order valence-electron chi connectivity index (χ3n) is 3.98. The van der Waals surface area contributed by atoms with Crippen molar-refractivity contribution >= 4 is 33.3 Å². The van der Waals surface area contributed by atoms with E-state index in [4.69, 9.17) is 0 Å². The Hall–Kier alpha value is -1.63. The lowest BCUT2D eigenvalue weighted by atomic mass is 9.90. The van der Waals surface area contributed by atoms with E-state index in [-0.39, 0.29) is 5.69 Å². The van der Waals surface area contributed by atoms with Gasteiger partial charge in [-0.15, -0.1) is 0 Å². The molecule has 1 aromatic rings. The van der Waals surface area contributed by atoms with Crippen LogP contribution in [0.3, 0.4) is 0 Å². The minimum absolute atomic E-state index is 0.0539. The summed E-state index contributed by atoms with van der Waals surface area (Å²) in [6.07, 6.45) is 2.42. The summed E-state index contributed by atoms with van der Waals surface area (Å²) in [6.45, 7) is 2.44. The molecule has 6 nitrogen and oxygen atoms in total. The number of rotatable bonds is 5. The summed E-state index contributed by atoms with van der Waals surface area (Å²) in [5.74, 6) is -0.906. The van der Waals surface area contributed by atoms with Crippen LogP contribution in [-0.2, 0) is 4.79 Å². The summed E-state index contributed by atoms with van der Waals surface area (Å²) in [6, 6.07) is 4.65. The predicted molar refractivity (Wildman–Crippen MR) is 82.7 cm³/mol. The maximum Gasteiger partial charge on any atom is 0.329 e. The smallest absolute Gasteiger partial charge is 0.329 e. The number of nitro groups is 1. The van der Waals surface area contributed by atoms with Crippen molar-refractivity contribution in [3.8, 4) is 0 Å². The standard InChI is InChI=1S/C14H17BrN2O4/c1-2-6-14(13(18)19)7-3-8-16(14)12-9-10(15)4-5-11(12)17(20)21/h4-5,9H,2-3,6-8H2,1H3,(H,18,19). The maximum absolute atomic E-state index is 11.8. The Morgan fingerprint density at radius 3 is 2.86 bits per heavy atom. The lowest BCUT2D eigenvalue weighted by Crippen LogP contribution is -2.51. The van der Waals surface area contributed by atoms with Gasteiger partial charge in [0.05, 0.1) is 4.92 Å². The molecule has 114 valence electrons. The fraction of sp³-hybridized carbons (Fsp3) is 0.500. The van der Waals surface area contributed by atoms with Crippen molar-refractivity contribution in [3.63, 3.8) is 0 Å². The van der Waals surface area contributed by atoms with Gasteiger partial charge in [0, 0.05) is 17.1 Å². The number of carbonyl (C=O) groups is 1. The van der Waals surface area contributed by atoms with E-state index >= 15 is 0 Å². The molecule has 1 unspecified atom stereocenters. The molecule has 1 saturated heterocycles. The van der Waals surface area contributed by atoms with E-state index in [1.54, 1.807) is 17.0 Å². The number of halogens is 1. The van der Waals surface area contributed by atoms with Crippen LogP contribution in [0.2, 0.25) is 0 Å². The number of nitro benzene ring substituents is 1. The molecule has 21 heavy (non-hydrogen) atoms. The second-order valence-electron chi connectivity index (χ2n) is 5.23. The number of carboxylic acid groups (broad SMARTS) is 1. The first-order chi connectivity index (χ1) is 9.92. The first kappa shape index (κ1) is 15.8. The van der Waals surface area contributed by atoms with E-state index in [0.717, 1.165) is 6.42 Å². The molecule has 0 spiro atoms. The van der Waals surface area contributed by atoms with Gasteiger partial charge in [0.25, 0.3) is 5.69 Å². The minimum atomic E-state index is -1.04. The van der Waals surface area contributed by atoms with Gasteiger partial charge >= 0.3 is 5.97 Å². The van der Waals surface area contributed by atoms with Crippen LogP contribution in [0.15, 0.2) is 22.7 Å². The Morgan fingerprint density at radius 2 is 2.29 bits per heavy atom. The second-order valence-corrected chi connectivity index (χ2v) is 6.15. The molecule has 1 fully saturated rings. The summed E-state index contributed by atoms with van der Waals surface area (Å²) in [5.41, 5.74) is -0.718. The van der Waals surface area contributed by atoms with Crippen LogP contribution >= 0.6 is 15.9 Å². The molecule has 1 heterocycles. The normalized spacial score (nSPS) is 21.5. The topological polar surface area (TPSA) is 83.7 Å². The number of hydrogen-bond acceptors (Lipinski definition) is 4. The quantitative estimate of drug-likeness (QED) is 0.643. The number of benzene rings is 1. The fourth-order valence-corrected chi connectivity index (χ4v) is 3.45. The van der Waals surface area contributed by atoms with E-state index in [0.29, 0.717) is 36.0 Å². The van der Waals surface area contributed by atoms with E-state index in [2.05, 4.69) is 15.9 Å². The SMILES string of the molecule is CCCC1(C(=O)O)CCCN1c1cc(Br)ccc1[N+](=O)[O-]. The molecule has 7 heteroatoms. The number of aliphatic carboxylic acids is 1. The first-order valence-electron chi connectivity index (χ1n) is 6.87. The molecule has 0 aromatic heterocycles. The van der Waals surface area contributed by atoms with Crippen LogP contribution in [0.25, 0.3) is 0 Å². The van der Waals surface area contributed by atoms with Crippen LogP contribution in [0, 0.1) is 10.1 Å². The summed E-state index contributed by atoms with van der Waals surface area (Å²) in [7, 11) is 0. The van der Waals surface area contributed by atoms with Crippen molar-refractivity contribution < 1.29 is 14.8 Å². The number of hydrogen-bond donors (Lipinski definition) is 1. The average molecular weight is 357 g/mol. The predicted octanol–water partition coefficient (Wildman–Crippen LogP) is 3.58. The van der Waals surface area contributed by atoms with Gasteiger partial charge in [-0.3, -0.25) is 10.1 Å². The number of anilines is 1. The lowest BCUT2D eigenvalue weighted by molar-refractivity contribution is -0.384. The van der Waals surface area contributed by atoms with E-state index in [1.807, 2.05) is 6.92 Å². The van der Waals surface area contributed by atoms with Gasteiger partial charge in [-0.2, -0.15) is 0 Å². The van der Waals surface area contributed by atoms with Crippen LogP contribution in [0.4, 0.5) is 11.4 Å². The Kier molecular flexibility index (Phi) is 4.51. The summed E-state index contributed by atoms with van der Waals surface area (Å²) >= 11 is 3.31. The summed E-state index contributed by atoms with van der Waals surface area (Å²) < 4.78 is 0.700. The zero-order valence-corrected chi connectivity index (χ0v) is 13.3. The molecule has 1 N–H and O–H groups in total. The molecular weight excluding hydrogens is 340 g/mol. The van der Waals surface area contributed by atoms with Crippen molar-refractivity contribution in [3.05, 3.63) is 32.8 Å². The Morgan fingerprint density at radius 1 is 1.57 bits per heavy atom. The molecule has 2 rings (SSSR count). The van der Waals surface area contributed by atoms with E-state index in [9.17, 15) is 20.0 Å². The van der Waals surface area contributed by atoms with Gasteiger partial charge in [-0.1, -0.05) is 29.3 Å². The first-order valence-corrected chi connectivity index (χ1v) is 7.66. The summed E-state index contributed by atoms with van der Waals surface area (Å²) in [4.78, 5) is 24.3. The molecule has 1 atom stereocenters. The van der Waals surface area contributed by atoms with Gasteiger partial charge in [0.2, 0.25) is 0 Å². The highest BCUT2D eigenvalue weighted by Crippen LogP contribution is 2.42. The van der Waals surface area contributed by atoms with Gasteiger partial charge in [0.1, 0.15) is 11.2 Å². The lowest BCUT2D eigenvalue weighted by Gasteiger charge is -2.36. The molecule has 0 bridgehead atoms. The Labute approximate surface area is 131 Å². The fourth-order valence-electron chi connectivity index (χ4n) is 3.10. The Balaban J connectivity index is 2.56. The molecule has 0 amide bonds. The molecule has 1 aliphatic heterocycles. The van der Waals surface area contributed by atoms with Crippen molar-refractivity contribution in [2.24, 2.45) is 0 Å². The van der Waals surface area contributed by atoms with Crippen molar-refractivity contribution in [2.45, 2.75) is 38.1 Å². The molecule has 0 radical (unpaired) electrons. The van der Waals surface area contributed by atoms with Crippen LogP contribution in [-0.4, -0.2) is 28.1 Å². The molecule has 1 aliphatic rings.